The highest BCUT2D eigenvalue weighted by Crippen LogP contribution is 2.08. The van der Waals surface area contributed by atoms with Gasteiger partial charge in [0.15, 0.2) is 5.78 Å². The molecule has 5 heteroatoms. The summed E-state index contributed by atoms with van der Waals surface area (Å²) in [6.45, 7) is 5.30. The predicted octanol–water partition coefficient (Wildman–Crippen LogP) is 1.01. The van der Waals surface area contributed by atoms with Gasteiger partial charge in [0.05, 0.1) is 6.61 Å². The minimum atomic E-state index is -0.367. The Balaban J connectivity index is 1.74. The van der Waals surface area contributed by atoms with Crippen LogP contribution in [-0.2, 0) is 0 Å². The number of rotatable bonds is 6. The zero-order valence-electron chi connectivity index (χ0n) is 11.6. The number of aliphatic hydroxyl groups excluding tert-OH is 1. The van der Waals surface area contributed by atoms with E-state index < -0.39 is 0 Å². The predicted molar refractivity (Wildman–Crippen MR) is 75.3 cm³/mol. The molecule has 0 unspecified atom stereocenters. The molecule has 1 fully saturated rings. The van der Waals surface area contributed by atoms with Crippen LogP contribution in [0.5, 0.6) is 0 Å². The lowest BCUT2D eigenvalue weighted by Crippen LogP contribution is -2.47. The first-order valence-corrected chi connectivity index (χ1v) is 7.03. The van der Waals surface area contributed by atoms with E-state index in [4.69, 9.17) is 5.11 Å². The monoisotopic (exact) mass is 280 g/mol. The number of Topliss-reactive ketones (excluding diaryl/α,β-unsaturated/α-hetero) is 1. The third-order valence-electron chi connectivity index (χ3n) is 3.68. The molecule has 0 aromatic heterocycles. The van der Waals surface area contributed by atoms with Crippen LogP contribution in [0.15, 0.2) is 24.3 Å². The van der Waals surface area contributed by atoms with Crippen LogP contribution in [0.3, 0.4) is 0 Å². The average Bonchev–Trinajstić information content (AvgIpc) is 2.46. The van der Waals surface area contributed by atoms with Gasteiger partial charge in [0.25, 0.3) is 0 Å². The quantitative estimate of drug-likeness (QED) is 0.790. The summed E-state index contributed by atoms with van der Waals surface area (Å²) in [5.74, 6) is -0.379. The maximum absolute atomic E-state index is 13.0. The van der Waals surface area contributed by atoms with Crippen molar-refractivity contribution in [2.75, 3.05) is 45.9 Å². The smallest absolute Gasteiger partial charge is 0.164 e. The fraction of sp³-hybridized carbons (Fsp3) is 0.533. The summed E-state index contributed by atoms with van der Waals surface area (Å²) in [7, 11) is 0. The van der Waals surface area contributed by atoms with Crippen LogP contribution in [0.4, 0.5) is 4.39 Å². The van der Waals surface area contributed by atoms with Crippen molar-refractivity contribution in [2.45, 2.75) is 6.42 Å². The number of β-amino-alcohol motifs (C(OH)–C–C–N with tert-alkyl or cyclic N) is 1. The van der Waals surface area contributed by atoms with Crippen molar-refractivity contribution in [3.63, 3.8) is 0 Å². The summed E-state index contributed by atoms with van der Waals surface area (Å²) in [6, 6.07) is 5.86. The first-order valence-electron chi connectivity index (χ1n) is 7.03. The highest BCUT2D eigenvalue weighted by Gasteiger charge is 2.17. The van der Waals surface area contributed by atoms with Gasteiger partial charge in [-0.05, 0) is 12.1 Å². The van der Waals surface area contributed by atoms with Crippen LogP contribution < -0.4 is 0 Å². The molecule has 0 aliphatic carbocycles. The maximum atomic E-state index is 13.0. The van der Waals surface area contributed by atoms with Crippen molar-refractivity contribution in [2.24, 2.45) is 0 Å². The molecule has 1 saturated heterocycles. The Morgan fingerprint density at radius 2 is 1.80 bits per heavy atom. The molecular formula is C15H21FN2O2. The first-order chi connectivity index (χ1) is 9.69. The van der Waals surface area contributed by atoms with Crippen LogP contribution in [-0.4, -0.2) is 66.6 Å². The summed E-state index contributed by atoms with van der Waals surface area (Å²) >= 11 is 0. The molecule has 2 rings (SSSR count). The molecule has 4 nitrogen and oxygen atoms in total. The Bertz CT molecular complexity index is 445. The van der Waals surface area contributed by atoms with Crippen molar-refractivity contribution in [1.82, 2.24) is 9.80 Å². The van der Waals surface area contributed by atoms with Crippen molar-refractivity contribution >= 4 is 5.78 Å². The molecule has 0 amide bonds. The fourth-order valence-electron chi connectivity index (χ4n) is 2.44. The molecule has 110 valence electrons. The van der Waals surface area contributed by atoms with E-state index in [0.29, 0.717) is 18.5 Å². The molecule has 1 heterocycles. The molecule has 1 aromatic rings. The Labute approximate surface area is 118 Å². The maximum Gasteiger partial charge on any atom is 0.164 e. The second-order valence-electron chi connectivity index (χ2n) is 5.09. The Kier molecular flexibility index (Phi) is 5.64. The number of carbonyl (C=O) groups is 1. The van der Waals surface area contributed by atoms with Gasteiger partial charge < -0.3 is 10.0 Å². The van der Waals surface area contributed by atoms with Crippen molar-refractivity contribution in [3.05, 3.63) is 35.6 Å². The van der Waals surface area contributed by atoms with Crippen molar-refractivity contribution in [3.8, 4) is 0 Å². The van der Waals surface area contributed by atoms with E-state index >= 15 is 0 Å². The number of aliphatic hydroxyl groups is 1. The number of halogens is 1. The molecule has 0 bridgehead atoms. The summed E-state index contributed by atoms with van der Waals surface area (Å²) in [5, 5.41) is 8.88. The van der Waals surface area contributed by atoms with E-state index in [-0.39, 0.29) is 18.2 Å². The SMILES string of the molecule is O=C(CCN1CCN(CCO)CC1)c1cccc(F)c1. The van der Waals surface area contributed by atoms with Crippen LogP contribution in [0.2, 0.25) is 0 Å². The highest BCUT2D eigenvalue weighted by atomic mass is 19.1. The summed E-state index contributed by atoms with van der Waals surface area (Å²) in [5.41, 5.74) is 0.448. The number of piperazine rings is 1. The van der Waals surface area contributed by atoms with Crippen LogP contribution >= 0.6 is 0 Å². The van der Waals surface area contributed by atoms with E-state index in [1.54, 1.807) is 12.1 Å². The van der Waals surface area contributed by atoms with Gasteiger partial charge in [-0.15, -0.1) is 0 Å². The minimum Gasteiger partial charge on any atom is -0.395 e. The molecule has 1 aromatic carbocycles. The summed E-state index contributed by atoms with van der Waals surface area (Å²) in [4.78, 5) is 16.4. The first kappa shape index (κ1) is 15.1. The molecule has 20 heavy (non-hydrogen) atoms. The van der Waals surface area contributed by atoms with Crippen LogP contribution in [0.25, 0.3) is 0 Å². The molecule has 0 radical (unpaired) electrons. The molecule has 0 atom stereocenters. The molecule has 0 spiro atoms. The number of hydrogen-bond donors (Lipinski definition) is 1. The largest absolute Gasteiger partial charge is 0.395 e. The second-order valence-corrected chi connectivity index (χ2v) is 5.09. The van der Waals surface area contributed by atoms with Gasteiger partial charge in [0.1, 0.15) is 5.82 Å². The second kappa shape index (κ2) is 7.47. The third kappa shape index (κ3) is 4.37. The Hall–Kier alpha value is -1.30. The van der Waals surface area contributed by atoms with Crippen LogP contribution in [0.1, 0.15) is 16.8 Å². The van der Waals surface area contributed by atoms with E-state index in [0.717, 1.165) is 32.7 Å². The number of benzene rings is 1. The lowest BCUT2D eigenvalue weighted by Gasteiger charge is -2.34. The number of carbonyl (C=O) groups excluding carboxylic acids is 1. The summed E-state index contributed by atoms with van der Waals surface area (Å²) < 4.78 is 13.0. The van der Waals surface area contributed by atoms with Crippen molar-refractivity contribution < 1.29 is 14.3 Å². The lowest BCUT2D eigenvalue weighted by atomic mass is 10.1. The van der Waals surface area contributed by atoms with Gasteiger partial charge in [-0.1, -0.05) is 12.1 Å². The van der Waals surface area contributed by atoms with Gasteiger partial charge >= 0.3 is 0 Å². The lowest BCUT2D eigenvalue weighted by molar-refractivity contribution is 0.0906. The standard InChI is InChI=1S/C15H21FN2O2/c16-14-3-1-2-13(12-14)15(20)4-5-17-6-8-18(9-7-17)10-11-19/h1-3,12,19H,4-11H2. The van der Waals surface area contributed by atoms with Crippen molar-refractivity contribution in [1.29, 1.82) is 0 Å². The van der Waals surface area contributed by atoms with Gasteiger partial charge in [-0.3, -0.25) is 9.69 Å². The fourth-order valence-corrected chi connectivity index (χ4v) is 2.44. The molecule has 1 aliphatic rings. The van der Waals surface area contributed by atoms with Gasteiger partial charge in [0.2, 0.25) is 0 Å². The topological polar surface area (TPSA) is 43.8 Å². The number of nitrogens with zero attached hydrogens (tertiary/aromatic N) is 2. The molecule has 0 saturated carbocycles. The van der Waals surface area contributed by atoms with Gasteiger partial charge in [-0.25, -0.2) is 4.39 Å². The number of hydrogen-bond acceptors (Lipinski definition) is 4. The van der Waals surface area contributed by atoms with E-state index in [2.05, 4.69) is 9.80 Å². The average molecular weight is 280 g/mol. The zero-order chi connectivity index (χ0) is 14.4. The van der Waals surface area contributed by atoms with Gasteiger partial charge in [0, 0.05) is 51.3 Å². The van der Waals surface area contributed by atoms with Crippen LogP contribution in [0, 0.1) is 5.82 Å². The van der Waals surface area contributed by atoms with Gasteiger partial charge in [-0.2, -0.15) is 0 Å². The zero-order valence-corrected chi connectivity index (χ0v) is 11.6. The molecule has 1 aliphatic heterocycles. The van der Waals surface area contributed by atoms with E-state index in [1.165, 1.54) is 12.1 Å². The molecule has 1 N–H and O–H groups in total. The van der Waals surface area contributed by atoms with E-state index in [1.807, 2.05) is 0 Å². The Morgan fingerprint density at radius 1 is 1.15 bits per heavy atom. The summed E-state index contributed by atoms with van der Waals surface area (Å²) in [6.07, 6.45) is 0.420. The van der Waals surface area contributed by atoms with E-state index in [9.17, 15) is 9.18 Å². The molecular weight excluding hydrogens is 259 g/mol. The third-order valence-corrected chi connectivity index (χ3v) is 3.68. The minimum absolute atomic E-state index is 0.0118. The number of ketones is 1. The highest BCUT2D eigenvalue weighted by molar-refractivity contribution is 5.96. The Morgan fingerprint density at radius 3 is 2.40 bits per heavy atom. The normalized spacial score (nSPS) is 17.3.